The molecule has 0 radical (unpaired) electrons. The van der Waals surface area contributed by atoms with Crippen molar-refractivity contribution in [2.45, 2.75) is 58.1 Å². The van der Waals surface area contributed by atoms with Gasteiger partial charge in [0, 0.05) is 19.6 Å². The van der Waals surface area contributed by atoms with Gasteiger partial charge in [0.25, 0.3) is 0 Å². The lowest BCUT2D eigenvalue weighted by Crippen LogP contribution is -2.50. The number of nitrogens with one attached hydrogen (secondary N) is 1. The Morgan fingerprint density at radius 2 is 2.13 bits per heavy atom. The first kappa shape index (κ1) is 14.5. The number of rotatable bonds is 8. The van der Waals surface area contributed by atoms with E-state index in [1.807, 2.05) is 0 Å². The van der Waals surface area contributed by atoms with Crippen molar-refractivity contribution in [1.82, 2.24) is 5.32 Å². The zero-order chi connectivity index (χ0) is 11.7. The minimum atomic E-state index is -0.105. The second-order valence-corrected chi connectivity index (χ2v) is 4.12. The lowest BCUT2D eigenvalue weighted by Gasteiger charge is -2.36. The topological polar surface area (TPSA) is 21.3 Å². The Balaban J connectivity index is 4.37. The standard InChI is InChI=1S/C13H25NO/c1-6-9-10-12(14-11-7-2)13(4,8-3)15-5/h1,12,14H,7-11H2,2-5H3. The summed E-state index contributed by atoms with van der Waals surface area (Å²) in [5.74, 6) is 2.70. The van der Waals surface area contributed by atoms with E-state index in [9.17, 15) is 0 Å². The van der Waals surface area contributed by atoms with Gasteiger partial charge in [0.15, 0.2) is 0 Å². The molecule has 0 saturated carbocycles. The van der Waals surface area contributed by atoms with E-state index in [1.54, 1.807) is 7.11 Å². The lowest BCUT2D eigenvalue weighted by molar-refractivity contribution is -0.0306. The predicted octanol–water partition coefficient (Wildman–Crippen LogP) is 2.58. The minimum Gasteiger partial charge on any atom is -0.377 e. The number of ether oxygens (including phenoxy) is 1. The molecule has 0 bridgehead atoms. The molecule has 2 atom stereocenters. The van der Waals surface area contributed by atoms with Gasteiger partial charge in [-0.2, -0.15) is 0 Å². The summed E-state index contributed by atoms with van der Waals surface area (Å²) in [6, 6.07) is 0.350. The molecule has 0 aromatic heterocycles. The van der Waals surface area contributed by atoms with Gasteiger partial charge in [-0.25, -0.2) is 0 Å². The Labute approximate surface area is 94.8 Å². The van der Waals surface area contributed by atoms with Crippen LogP contribution in [0.2, 0.25) is 0 Å². The maximum Gasteiger partial charge on any atom is 0.0800 e. The summed E-state index contributed by atoms with van der Waals surface area (Å²) in [6.45, 7) is 7.49. The quantitative estimate of drug-likeness (QED) is 0.623. The molecule has 0 spiro atoms. The first-order chi connectivity index (χ1) is 7.14. The van der Waals surface area contributed by atoms with E-state index in [4.69, 9.17) is 11.2 Å². The normalized spacial score (nSPS) is 16.7. The fourth-order valence-electron chi connectivity index (χ4n) is 1.70. The smallest absolute Gasteiger partial charge is 0.0800 e. The average molecular weight is 211 g/mol. The maximum absolute atomic E-state index is 5.61. The van der Waals surface area contributed by atoms with Gasteiger partial charge in [-0.05, 0) is 32.7 Å². The van der Waals surface area contributed by atoms with Gasteiger partial charge >= 0.3 is 0 Å². The van der Waals surface area contributed by atoms with Gasteiger partial charge in [0.2, 0.25) is 0 Å². The monoisotopic (exact) mass is 211 g/mol. The largest absolute Gasteiger partial charge is 0.377 e. The molecule has 88 valence electrons. The van der Waals surface area contributed by atoms with Crippen molar-refractivity contribution in [3.63, 3.8) is 0 Å². The molecule has 2 heteroatoms. The Kier molecular flexibility index (Phi) is 7.46. The highest BCUT2D eigenvalue weighted by atomic mass is 16.5. The van der Waals surface area contributed by atoms with Gasteiger partial charge < -0.3 is 10.1 Å². The Bertz CT molecular complexity index is 191. The molecule has 0 saturated heterocycles. The van der Waals surface area contributed by atoms with Gasteiger partial charge in [-0.15, -0.1) is 12.3 Å². The Morgan fingerprint density at radius 1 is 1.47 bits per heavy atom. The zero-order valence-corrected chi connectivity index (χ0v) is 10.6. The third-order valence-corrected chi connectivity index (χ3v) is 3.12. The highest BCUT2D eigenvalue weighted by Gasteiger charge is 2.31. The van der Waals surface area contributed by atoms with Crippen LogP contribution in [0.15, 0.2) is 0 Å². The number of hydrogen-bond acceptors (Lipinski definition) is 2. The summed E-state index contributed by atoms with van der Waals surface area (Å²) in [7, 11) is 1.78. The molecule has 2 unspecified atom stereocenters. The van der Waals surface area contributed by atoms with Crippen molar-refractivity contribution in [2.24, 2.45) is 0 Å². The van der Waals surface area contributed by atoms with Gasteiger partial charge in [0.05, 0.1) is 5.60 Å². The van der Waals surface area contributed by atoms with Crippen molar-refractivity contribution in [3.8, 4) is 12.3 Å². The third-order valence-electron chi connectivity index (χ3n) is 3.12. The van der Waals surface area contributed by atoms with Gasteiger partial charge in [-0.3, -0.25) is 0 Å². The van der Waals surface area contributed by atoms with Gasteiger partial charge in [-0.1, -0.05) is 13.8 Å². The molecule has 1 N–H and O–H groups in total. The lowest BCUT2D eigenvalue weighted by atomic mass is 9.89. The van der Waals surface area contributed by atoms with E-state index in [-0.39, 0.29) is 5.60 Å². The second-order valence-electron chi connectivity index (χ2n) is 4.12. The number of methoxy groups -OCH3 is 1. The summed E-state index contributed by atoms with van der Waals surface area (Å²) in [6.07, 6.45) is 9.23. The maximum atomic E-state index is 5.61. The van der Waals surface area contributed by atoms with Crippen LogP contribution >= 0.6 is 0 Å². The molecule has 0 heterocycles. The highest BCUT2D eigenvalue weighted by Crippen LogP contribution is 2.22. The van der Waals surface area contributed by atoms with E-state index in [0.29, 0.717) is 6.04 Å². The van der Waals surface area contributed by atoms with E-state index in [1.165, 1.54) is 0 Å². The second kappa shape index (κ2) is 7.73. The Morgan fingerprint density at radius 3 is 2.53 bits per heavy atom. The summed E-state index contributed by atoms with van der Waals surface area (Å²) < 4.78 is 5.61. The summed E-state index contributed by atoms with van der Waals surface area (Å²) in [5.41, 5.74) is -0.105. The van der Waals surface area contributed by atoms with Crippen LogP contribution in [-0.2, 0) is 4.74 Å². The molecular formula is C13H25NO. The number of hydrogen-bond donors (Lipinski definition) is 1. The van der Waals surface area contributed by atoms with Crippen molar-refractivity contribution in [2.75, 3.05) is 13.7 Å². The summed E-state index contributed by atoms with van der Waals surface area (Å²) >= 11 is 0. The first-order valence-electron chi connectivity index (χ1n) is 5.86. The SMILES string of the molecule is C#CCCC(NCCC)C(C)(CC)OC. The fraction of sp³-hybridized carbons (Fsp3) is 0.846. The van der Waals surface area contributed by atoms with Gasteiger partial charge in [0.1, 0.15) is 0 Å². The molecule has 0 aliphatic heterocycles. The van der Waals surface area contributed by atoms with Crippen LogP contribution in [0.5, 0.6) is 0 Å². The van der Waals surface area contributed by atoms with Crippen LogP contribution in [0.1, 0.15) is 46.5 Å². The zero-order valence-electron chi connectivity index (χ0n) is 10.6. The average Bonchev–Trinajstić information content (AvgIpc) is 2.28. The molecule has 0 aromatic carbocycles. The molecule has 0 aromatic rings. The minimum absolute atomic E-state index is 0.105. The molecule has 0 aliphatic carbocycles. The molecule has 0 fully saturated rings. The van der Waals surface area contributed by atoms with Crippen LogP contribution in [0.4, 0.5) is 0 Å². The molecule has 2 nitrogen and oxygen atoms in total. The van der Waals surface area contributed by atoms with E-state index in [0.717, 1.165) is 32.2 Å². The van der Waals surface area contributed by atoms with Crippen LogP contribution in [0, 0.1) is 12.3 Å². The molecular weight excluding hydrogens is 186 g/mol. The molecule has 0 rings (SSSR count). The van der Waals surface area contributed by atoms with E-state index in [2.05, 4.69) is 32.0 Å². The highest BCUT2D eigenvalue weighted by molar-refractivity contribution is 4.93. The predicted molar refractivity (Wildman–Crippen MR) is 65.9 cm³/mol. The van der Waals surface area contributed by atoms with Crippen LogP contribution < -0.4 is 5.32 Å². The van der Waals surface area contributed by atoms with Crippen molar-refractivity contribution in [1.29, 1.82) is 0 Å². The molecule has 0 amide bonds. The van der Waals surface area contributed by atoms with E-state index >= 15 is 0 Å². The number of terminal acetylenes is 1. The van der Waals surface area contributed by atoms with Crippen LogP contribution in [-0.4, -0.2) is 25.3 Å². The fourth-order valence-corrected chi connectivity index (χ4v) is 1.70. The van der Waals surface area contributed by atoms with E-state index < -0.39 is 0 Å². The Hall–Kier alpha value is -0.520. The third kappa shape index (κ3) is 4.68. The van der Waals surface area contributed by atoms with Crippen LogP contribution in [0.3, 0.4) is 0 Å². The van der Waals surface area contributed by atoms with Crippen LogP contribution in [0.25, 0.3) is 0 Å². The van der Waals surface area contributed by atoms with Crippen molar-refractivity contribution in [3.05, 3.63) is 0 Å². The summed E-state index contributed by atoms with van der Waals surface area (Å²) in [5, 5.41) is 3.53. The first-order valence-corrected chi connectivity index (χ1v) is 5.86. The molecule has 15 heavy (non-hydrogen) atoms. The molecule has 0 aliphatic rings. The van der Waals surface area contributed by atoms with Crippen molar-refractivity contribution >= 4 is 0 Å². The summed E-state index contributed by atoms with van der Waals surface area (Å²) in [4.78, 5) is 0. The van der Waals surface area contributed by atoms with Crippen molar-refractivity contribution < 1.29 is 4.74 Å².